The summed E-state index contributed by atoms with van der Waals surface area (Å²) >= 11 is 5.25. The van der Waals surface area contributed by atoms with Crippen LogP contribution in [0.5, 0.6) is 0 Å². The van der Waals surface area contributed by atoms with Crippen molar-refractivity contribution in [2.24, 2.45) is 0 Å². The molecule has 0 aliphatic heterocycles. The van der Waals surface area contributed by atoms with Crippen LogP contribution in [0.3, 0.4) is 0 Å². The van der Waals surface area contributed by atoms with Crippen LogP contribution in [0.25, 0.3) is 0 Å². The van der Waals surface area contributed by atoms with Gasteiger partial charge in [-0.3, -0.25) is 4.90 Å². The summed E-state index contributed by atoms with van der Waals surface area (Å²) in [5, 5.41) is 2.12. The summed E-state index contributed by atoms with van der Waals surface area (Å²) in [5.41, 5.74) is 1.26. The van der Waals surface area contributed by atoms with E-state index in [0.29, 0.717) is 0 Å². The van der Waals surface area contributed by atoms with Crippen molar-refractivity contribution in [2.75, 3.05) is 7.05 Å². The number of hydrogen-bond donors (Lipinski definition) is 0. The Balaban J connectivity index is 1.94. The Kier molecular flexibility index (Phi) is 3.84. The van der Waals surface area contributed by atoms with Crippen molar-refractivity contribution >= 4 is 27.3 Å². The van der Waals surface area contributed by atoms with E-state index < -0.39 is 0 Å². The molecule has 86 valence electrons. The molecule has 0 unspecified atom stereocenters. The van der Waals surface area contributed by atoms with Crippen molar-refractivity contribution in [1.82, 2.24) is 4.90 Å². The second-order valence-corrected chi connectivity index (χ2v) is 5.82. The van der Waals surface area contributed by atoms with Gasteiger partial charge in [0.1, 0.15) is 5.76 Å². The van der Waals surface area contributed by atoms with Gasteiger partial charge in [0.25, 0.3) is 0 Å². The zero-order chi connectivity index (χ0) is 11.5. The highest BCUT2D eigenvalue weighted by atomic mass is 79.9. The van der Waals surface area contributed by atoms with Crippen LogP contribution in [0.1, 0.15) is 16.2 Å². The van der Waals surface area contributed by atoms with E-state index in [2.05, 4.69) is 39.3 Å². The number of halogens is 1. The summed E-state index contributed by atoms with van der Waals surface area (Å²) in [4.78, 5) is 3.66. The minimum atomic E-state index is 0.928. The molecule has 2 rings (SSSR count). The first-order chi connectivity index (χ1) is 7.65. The summed E-state index contributed by atoms with van der Waals surface area (Å²) < 4.78 is 6.46. The van der Waals surface area contributed by atoms with E-state index in [1.807, 2.05) is 13.0 Å². The van der Waals surface area contributed by atoms with Gasteiger partial charge in [-0.05, 0) is 42.0 Å². The average molecular weight is 300 g/mol. The second kappa shape index (κ2) is 5.17. The maximum Gasteiger partial charge on any atom is 0.105 e. The van der Waals surface area contributed by atoms with E-state index in [4.69, 9.17) is 4.42 Å². The van der Waals surface area contributed by atoms with Crippen LogP contribution in [0.2, 0.25) is 0 Å². The number of nitrogens with zero attached hydrogens (tertiary/aromatic N) is 1. The minimum Gasteiger partial charge on any atom is -0.469 e. The van der Waals surface area contributed by atoms with Gasteiger partial charge in [0.2, 0.25) is 0 Å². The standard InChI is InChI=1S/C12H14BrNOS/c1-9-10(3-4-15-9)6-14(2)7-12-5-11(13)8-16-12/h3-5,8H,6-7H2,1-2H3. The minimum absolute atomic E-state index is 0.928. The highest BCUT2D eigenvalue weighted by Gasteiger charge is 2.07. The van der Waals surface area contributed by atoms with Gasteiger partial charge in [-0.2, -0.15) is 0 Å². The van der Waals surface area contributed by atoms with Crippen LogP contribution in [0.4, 0.5) is 0 Å². The number of rotatable bonds is 4. The summed E-state index contributed by atoms with van der Waals surface area (Å²) in [6, 6.07) is 4.21. The zero-order valence-corrected chi connectivity index (χ0v) is 11.8. The first-order valence-electron chi connectivity index (χ1n) is 5.09. The molecule has 0 aliphatic carbocycles. The molecule has 16 heavy (non-hydrogen) atoms. The average Bonchev–Trinajstić information content (AvgIpc) is 2.77. The van der Waals surface area contributed by atoms with Crippen molar-refractivity contribution in [3.8, 4) is 0 Å². The fraction of sp³-hybridized carbons (Fsp3) is 0.333. The third-order valence-electron chi connectivity index (χ3n) is 2.45. The molecular formula is C12H14BrNOS. The molecule has 0 saturated heterocycles. The number of aryl methyl sites for hydroxylation is 1. The van der Waals surface area contributed by atoms with Gasteiger partial charge in [0.15, 0.2) is 0 Å². The predicted octanol–water partition coefficient (Wildman–Crippen LogP) is 4.04. The van der Waals surface area contributed by atoms with E-state index in [0.717, 1.165) is 18.8 Å². The maximum absolute atomic E-state index is 5.29. The van der Waals surface area contributed by atoms with Crippen molar-refractivity contribution in [1.29, 1.82) is 0 Å². The van der Waals surface area contributed by atoms with Crippen LogP contribution in [0.15, 0.2) is 32.7 Å². The molecule has 0 spiro atoms. The molecule has 0 saturated carbocycles. The lowest BCUT2D eigenvalue weighted by molar-refractivity contribution is 0.319. The molecule has 2 aromatic rings. The molecule has 2 nitrogen and oxygen atoms in total. The maximum atomic E-state index is 5.29. The van der Waals surface area contributed by atoms with Crippen molar-refractivity contribution in [3.63, 3.8) is 0 Å². The first kappa shape index (κ1) is 11.9. The fourth-order valence-corrected chi connectivity index (χ4v) is 3.15. The van der Waals surface area contributed by atoms with Crippen LogP contribution >= 0.6 is 27.3 Å². The smallest absolute Gasteiger partial charge is 0.105 e. The lowest BCUT2D eigenvalue weighted by atomic mass is 10.2. The molecule has 0 atom stereocenters. The van der Waals surface area contributed by atoms with Gasteiger partial charge >= 0.3 is 0 Å². The van der Waals surface area contributed by atoms with E-state index >= 15 is 0 Å². The van der Waals surface area contributed by atoms with Crippen LogP contribution < -0.4 is 0 Å². The van der Waals surface area contributed by atoms with Crippen LogP contribution in [-0.4, -0.2) is 11.9 Å². The van der Waals surface area contributed by atoms with E-state index in [1.54, 1.807) is 17.6 Å². The third kappa shape index (κ3) is 2.97. The second-order valence-electron chi connectivity index (χ2n) is 3.91. The first-order valence-corrected chi connectivity index (χ1v) is 6.77. The van der Waals surface area contributed by atoms with E-state index in [1.165, 1.54) is 14.9 Å². The molecule has 4 heteroatoms. The Morgan fingerprint density at radius 2 is 2.25 bits per heavy atom. The van der Waals surface area contributed by atoms with E-state index in [-0.39, 0.29) is 0 Å². The van der Waals surface area contributed by atoms with Crippen LogP contribution in [0, 0.1) is 6.92 Å². The molecule has 0 N–H and O–H groups in total. The lowest BCUT2D eigenvalue weighted by Gasteiger charge is -2.14. The highest BCUT2D eigenvalue weighted by Crippen LogP contribution is 2.21. The summed E-state index contributed by atoms with van der Waals surface area (Å²) in [6.45, 7) is 3.91. The molecule has 0 aromatic carbocycles. The molecule has 2 heterocycles. The van der Waals surface area contributed by atoms with E-state index in [9.17, 15) is 0 Å². The SMILES string of the molecule is Cc1occc1CN(C)Cc1cc(Br)cs1. The van der Waals surface area contributed by atoms with Gasteiger partial charge in [-0.1, -0.05) is 0 Å². The quantitative estimate of drug-likeness (QED) is 0.847. The summed E-state index contributed by atoms with van der Waals surface area (Å²) in [7, 11) is 2.13. The Labute approximate surface area is 108 Å². The normalized spacial score (nSPS) is 11.2. The number of thiophene rings is 1. The Bertz CT molecular complexity index is 463. The number of furan rings is 1. The molecule has 0 radical (unpaired) electrons. The van der Waals surface area contributed by atoms with Crippen molar-refractivity contribution in [2.45, 2.75) is 20.0 Å². The Morgan fingerprint density at radius 1 is 1.44 bits per heavy atom. The third-order valence-corrected chi connectivity index (χ3v) is 4.14. The fourth-order valence-electron chi connectivity index (χ4n) is 1.62. The van der Waals surface area contributed by atoms with Crippen molar-refractivity contribution in [3.05, 3.63) is 44.4 Å². The van der Waals surface area contributed by atoms with Gasteiger partial charge in [0.05, 0.1) is 6.26 Å². The largest absolute Gasteiger partial charge is 0.469 e. The molecule has 0 aliphatic rings. The predicted molar refractivity (Wildman–Crippen MR) is 70.6 cm³/mol. The van der Waals surface area contributed by atoms with Gasteiger partial charge in [-0.15, -0.1) is 11.3 Å². The molecule has 0 bridgehead atoms. The zero-order valence-electron chi connectivity index (χ0n) is 9.37. The Morgan fingerprint density at radius 3 is 2.81 bits per heavy atom. The molecule has 0 amide bonds. The highest BCUT2D eigenvalue weighted by molar-refractivity contribution is 9.10. The van der Waals surface area contributed by atoms with Gasteiger partial charge in [-0.25, -0.2) is 0 Å². The molecular weight excluding hydrogens is 286 g/mol. The number of hydrogen-bond acceptors (Lipinski definition) is 3. The monoisotopic (exact) mass is 299 g/mol. The van der Waals surface area contributed by atoms with Crippen LogP contribution in [-0.2, 0) is 13.1 Å². The Hall–Kier alpha value is -0.580. The molecule has 0 fully saturated rings. The lowest BCUT2D eigenvalue weighted by Crippen LogP contribution is -2.16. The summed E-state index contributed by atoms with van der Waals surface area (Å²) in [5.74, 6) is 1.01. The topological polar surface area (TPSA) is 16.4 Å². The van der Waals surface area contributed by atoms with Gasteiger partial charge in [0, 0.05) is 33.4 Å². The van der Waals surface area contributed by atoms with Gasteiger partial charge < -0.3 is 4.42 Å². The summed E-state index contributed by atoms with van der Waals surface area (Å²) in [6.07, 6.45) is 1.75. The molecule has 2 aromatic heterocycles. The van der Waals surface area contributed by atoms with Crippen molar-refractivity contribution < 1.29 is 4.42 Å².